The van der Waals surface area contributed by atoms with Crippen molar-refractivity contribution in [1.29, 1.82) is 0 Å². The molecule has 0 radical (unpaired) electrons. The van der Waals surface area contributed by atoms with Crippen molar-refractivity contribution in [2.24, 2.45) is 0 Å². The lowest BCUT2D eigenvalue weighted by molar-refractivity contribution is -0.186. The van der Waals surface area contributed by atoms with E-state index in [0.717, 1.165) is 18.0 Å². The summed E-state index contributed by atoms with van der Waals surface area (Å²) in [5, 5.41) is 0. The van der Waals surface area contributed by atoms with Crippen LogP contribution in [0.5, 0.6) is 0 Å². The summed E-state index contributed by atoms with van der Waals surface area (Å²) in [4.78, 5) is 14.2. The van der Waals surface area contributed by atoms with Crippen LogP contribution in [0.25, 0.3) is 0 Å². The van der Waals surface area contributed by atoms with E-state index in [1.807, 2.05) is 13.8 Å². The fraction of sp³-hybridized carbons (Fsp3) is 0.909. The summed E-state index contributed by atoms with van der Waals surface area (Å²) < 4.78 is 36.7. The quantitative estimate of drug-likeness (QED) is 0.765. The SMILES string of the molecule is CCN(CC)C1CCN(C(=O)C(F)(F)F)CC1. The number of piperidine rings is 1. The van der Waals surface area contributed by atoms with Gasteiger partial charge in [-0.25, -0.2) is 0 Å². The van der Waals surface area contributed by atoms with Gasteiger partial charge in [-0.05, 0) is 25.9 Å². The third-order valence-electron chi connectivity index (χ3n) is 3.32. The highest BCUT2D eigenvalue weighted by Gasteiger charge is 2.43. The van der Waals surface area contributed by atoms with E-state index in [4.69, 9.17) is 0 Å². The molecule has 1 fully saturated rings. The maximum absolute atomic E-state index is 12.2. The molecule has 0 N–H and O–H groups in total. The molecule has 0 spiro atoms. The molecule has 1 heterocycles. The molecular weight excluding hydrogens is 233 g/mol. The van der Waals surface area contributed by atoms with Gasteiger partial charge in [0.25, 0.3) is 0 Å². The Bertz CT molecular complexity index is 256. The molecule has 0 atom stereocenters. The summed E-state index contributed by atoms with van der Waals surface area (Å²) in [5.74, 6) is -1.70. The molecule has 1 aliphatic heterocycles. The van der Waals surface area contributed by atoms with Gasteiger partial charge in [-0.2, -0.15) is 13.2 Å². The van der Waals surface area contributed by atoms with E-state index < -0.39 is 12.1 Å². The highest BCUT2D eigenvalue weighted by Crippen LogP contribution is 2.23. The summed E-state index contributed by atoms with van der Waals surface area (Å²) >= 11 is 0. The monoisotopic (exact) mass is 252 g/mol. The number of carbonyl (C=O) groups excluding carboxylic acids is 1. The molecule has 3 nitrogen and oxygen atoms in total. The summed E-state index contributed by atoms with van der Waals surface area (Å²) in [6, 6.07) is 0.308. The lowest BCUT2D eigenvalue weighted by Crippen LogP contribution is -2.50. The van der Waals surface area contributed by atoms with Crippen LogP contribution in [-0.4, -0.2) is 54.1 Å². The van der Waals surface area contributed by atoms with Crippen LogP contribution in [-0.2, 0) is 4.79 Å². The molecule has 1 aliphatic rings. The van der Waals surface area contributed by atoms with E-state index >= 15 is 0 Å². The fourth-order valence-electron chi connectivity index (χ4n) is 2.35. The van der Waals surface area contributed by atoms with Crippen molar-refractivity contribution in [3.63, 3.8) is 0 Å². The van der Waals surface area contributed by atoms with E-state index in [9.17, 15) is 18.0 Å². The van der Waals surface area contributed by atoms with Gasteiger partial charge in [-0.3, -0.25) is 4.79 Å². The van der Waals surface area contributed by atoms with Crippen molar-refractivity contribution >= 4 is 5.91 Å². The van der Waals surface area contributed by atoms with Gasteiger partial charge >= 0.3 is 12.1 Å². The van der Waals surface area contributed by atoms with Crippen molar-refractivity contribution in [3.05, 3.63) is 0 Å². The van der Waals surface area contributed by atoms with Gasteiger partial charge in [0, 0.05) is 19.1 Å². The molecule has 0 bridgehead atoms. The molecule has 17 heavy (non-hydrogen) atoms. The predicted octanol–water partition coefficient (Wildman–Crippen LogP) is 1.88. The molecule has 0 aromatic rings. The number of halogens is 3. The van der Waals surface area contributed by atoms with Gasteiger partial charge in [-0.15, -0.1) is 0 Å². The van der Waals surface area contributed by atoms with E-state index in [2.05, 4.69) is 4.90 Å². The van der Waals surface area contributed by atoms with Crippen LogP contribution < -0.4 is 0 Å². The Morgan fingerprint density at radius 1 is 1.24 bits per heavy atom. The van der Waals surface area contributed by atoms with Crippen LogP contribution >= 0.6 is 0 Å². The van der Waals surface area contributed by atoms with Gasteiger partial charge in [0.15, 0.2) is 0 Å². The van der Waals surface area contributed by atoms with E-state index in [1.54, 1.807) is 0 Å². The molecule has 0 unspecified atom stereocenters. The second kappa shape index (κ2) is 5.71. The van der Waals surface area contributed by atoms with Crippen molar-refractivity contribution in [1.82, 2.24) is 9.80 Å². The Balaban J connectivity index is 2.48. The Morgan fingerprint density at radius 2 is 1.71 bits per heavy atom. The van der Waals surface area contributed by atoms with Crippen LogP contribution in [0.15, 0.2) is 0 Å². The Hall–Kier alpha value is -0.780. The zero-order chi connectivity index (χ0) is 13.1. The highest BCUT2D eigenvalue weighted by atomic mass is 19.4. The Morgan fingerprint density at radius 3 is 2.06 bits per heavy atom. The number of hydrogen-bond acceptors (Lipinski definition) is 2. The largest absolute Gasteiger partial charge is 0.471 e. The molecular formula is C11H19F3N2O. The summed E-state index contributed by atoms with van der Waals surface area (Å²) in [5.41, 5.74) is 0. The maximum Gasteiger partial charge on any atom is 0.471 e. The topological polar surface area (TPSA) is 23.6 Å². The maximum atomic E-state index is 12.2. The lowest BCUT2D eigenvalue weighted by atomic mass is 10.0. The predicted molar refractivity (Wildman–Crippen MR) is 58.6 cm³/mol. The fourth-order valence-corrected chi connectivity index (χ4v) is 2.35. The van der Waals surface area contributed by atoms with Gasteiger partial charge in [0.05, 0.1) is 0 Å². The van der Waals surface area contributed by atoms with E-state index in [-0.39, 0.29) is 13.1 Å². The van der Waals surface area contributed by atoms with Crippen LogP contribution in [0.4, 0.5) is 13.2 Å². The first kappa shape index (κ1) is 14.3. The van der Waals surface area contributed by atoms with Crippen molar-refractivity contribution < 1.29 is 18.0 Å². The third-order valence-corrected chi connectivity index (χ3v) is 3.32. The van der Waals surface area contributed by atoms with Crippen LogP contribution in [0.1, 0.15) is 26.7 Å². The number of likely N-dealkylation sites (tertiary alicyclic amines) is 1. The normalized spacial score (nSPS) is 18.8. The minimum atomic E-state index is -4.73. The first-order chi connectivity index (χ1) is 7.90. The van der Waals surface area contributed by atoms with Crippen molar-refractivity contribution in [2.45, 2.75) is 38.9 Å². The first-order valence-electron chi connectivity index (χ1n) is 6.00. The number of rotatable bonds is 3. The first-order valence-corrected chi connectivity index (χ1v) is 6.00. The molecule has 1 saturated heterocycles. The molecule has 6 heteroatoms. The zero-order valence-electron chi connectivity index (χ0n) is 10.3. The van der Waals surface area contributed by atoms with Crippen LogP contribution in [0, 0.1) is 0 Å². The zero-order valence-corrected chi connectivity index (χ0v) is 10.3. The summed E-state index contributed by atoms with van der Waals surface area (Å²) in [6.07, 6.45) is -3.48. The second-order valence-corrected chi connectivity index (χ2v) is 4.24. The molecule has 0 aromatic carbocycles. The molecule has 1 amide bonds. The minimum Gasteiger partial charge on any atom is -0.335 e. The Labute approximate surface area is 99.6 Å². The smallest absolute Gasteiger partial charge is 0.335 e. The molecule has 0 aliphatic carbocycles. The summed E-state index contributed by atoms with van der Waals surface area (Å²) in [7, 11) is 0. The number of alkyl halides is 3. The summed E-state index contributed by atoms with van der Waals surface area (Å²) in [6.45, 7) is 6.29. The standard InChI is InChI=1S/C11H19F3N2O/c1-3-15(4-2)9-5-7-16(8-6-9)10(17)11(12,13)14/h9H,3-8H2,1-2H3. The number of hydrogen-bond donors (Lipinski definition) is 0. The van der Waals surface area contributed by atoms with Crippen molar-refractivity contribution in [3.8, 4) is 0 Å². The number of amides is 1. The van der Waals surface area contributed by atoms with Crippen LogP contribution in [0.3, 0.4) is 0 Å². The van der Waals surface area contributed by atoms with Gasteiger partial charge in [-0.1, -0.05) is 13.8 Å². The van der Waals surface area contributed by atoms with E-state index in [1.165, 1.54) is 0 Å². The second-order valence-electron chi connectivity index (χ2n) is 4.24. The molecule has 1 rings (SSSR count). The molecule has 0 aromatic heterocycles. The molecule has 100 valence electrons. The molecule has 0 saturated carbocycles. The van der Waals surface area contributed by atoms with Gasteiger partial charge < -0.3 is 9.80 Å². The highest BCUT2D eigenvalue weighted by molar-refractivity contribution is 5.81. The number of nitrogens with zero attached hydrogens (tertiary/aromatic N) is 2. The van der Waals surface area contributed by atoms with Gasteiger partial charge in [0.2, 0.25) is 0 Å². The average Bonchev–Trinajstić information content (AvgIpc) is 2.29. The Kier molecular flexibility index (Phi) is 4.80. The van der Waals surface area contributed by atoms with E-state index in [0.29, 0.717) is 18.9 Å². The minimum absolute atomic E-state index is 0.208. The third kappa shape index (κ3) is 3.59. The average molecular weight is 252 g/mol. The lowest BCUT2D eigenvalue weighted by Gasteiger charge is -2.37. The van der Waals surface area contributed by atoms with Crippen molar-refractivity contribution in [2.75, 3.05) is 26.2 Å². The van der Waals surface area contributed by atoms with Gasteiger partial charge in [0.1, 0.15) is 0 Å². The van der Waals surface area contributed by atoms with Crippen LogP contribution in [0.2, 0.25) is 0 Å². The number of carbonyl (C=O) groups is 1.